The van der Waals surface area contributed by atoms with Gasteiger partial charge in [0.25, 0.3) is 10.0 Å². The number of aryl methyl sites for hydroxylation is 1. The van der Waals surface area contributed by atoms with E-state index < -0.39 is 32.5 Å². The largest absolute Gasteiger partial charge is 0.325 e. The second-order valence-corrected chi connectivity index (χ2v) is 12.9. The molecule has 3 aromatic rings. The SMILES string of the molecule is Cc1cccc(N(CC(=O)Nc2ccc(S(=O)(=O)N3CCCCCC3)cc2)S(=O)(=O)c2ccccc2)c1. The van der Waals surface area contributed by atoms with Gasteiger partial charge < -0.3 is 5.32 Å². The van der Waals surface area contributed by atoms with Crippen molar-refractivity contribution in [3.63, 3.8) is 0 Å². The summed E-state index contributed by atoms with van der Waals surface area (Å²) in [5.41, 5.74) is 1.60. The molecule has 0 saturated carbocycles. The first-order valence-corrected chi connectivity index (χ1v) is 15.1. The number of rotatable bonds is 8. The molecule has 0 aromatic heterocycles. The molecule has 0 aliphatic carbocycles. The second kappa shape index (κ2) is 11.5. The lowest BCUT2D eigenvalue weighted by Crippen LogP contribution is -2.38. The summed E-state index contributed by atoms with van der Waals surface area (Å²) in [5.74, 6) is -0.552. The fraction of sp³-hybridized carbons (Fsp3) is 0.296. The Hall–Kier alpha value is -3.21. The highest BCUT2D eigenvalue weighted by Gasteiger charge is 2.28. The molecule has 0 unspecified atom stereocenters. The van der Waals surface area contributed by atoms with Crippen molar-refractivity contribution >= 4 is 37.3 Å². The number of carbonyl (C=O) groups excluding carboxylic acids is 1. The Balaban J connectivity index is 1.53. The molecule has 10 heteroatoms. The maximum atomic E-state index is 13.4. The van der Waals surface area contributed by atoms with Crippen LogP contribution >= 0.6 is 0 Å². The summed E-state index contributed by atoms with van der Waals surface area (Å²) in [6.45, 7) is 2.41. The molecule has 1 N–H and O–H groups in total. The summed E-state index contributed by atoms with van der Waals surface area (Å²) in [4.78, 5) is 13.2. The Bertz CT molecular complexity index is 1430. The number of sulfonamides is 2. The minimum absolute atomic E-state index is 0.0763. The van der Waals surface area contributed by atoms with Crippen LogP contribution in [0, 0.1) is 6.92 Å². The lowest BCUT2D eigenvalue weighted by atomic mass is 10.2. The molecule has 1 amide bonds. The van der Waals surface area contributed by atoms with Crippen molar-refractivity contribution in [3.8, 4) is 0 Å². The third-order valence-electron chi connectivity index (χ3n) is 6.25. The van der Waals surface area contributed by atoms with Gasteiger partial charge in [-0.2, -0.15) is 4.31 Å². The van der Waals surface area contributed by atoms with Crippen LogP contribution < -0.4 is 9.62 Å². The molecular formula is C27H31N3O5S2. The summed E-state index contributed by atoms with van der Waals surface area (Å²) in [7, 11) is -7.62. The molecule has 1 aliphatic rings. The monoisotopic (exact) mass is 541 g/mol. The molecule has 0 atom stereocenters. The highest BCUT2D eigenvalue weighted by atomic mass is 32.2. The van der Waals surface area contributed by atoms with Crippen LogP contribution in [0.1, 0.15) is 31.2 Å². The van der Waals surface area contributed by atoms with Gasteiger partial charge in [-0.05, 0) is 73.9 Å². The zero-order valence-corrected chi connectivity index (χ0v) is 22.3. The normalized spacial score (nSPS) is 15.1. The van der Waals surface area contributed by atoms with Crippen LogP contribution in [-0.2, 0) is 24.8 Å². The molecule has 1 fully saturated rings. The number of nitrogens with one attached hydrogen (secondary N) is 1. The topological polar surface area (TPSA) is 104 Å². The van der Waals surface area contributed by atoms with Gasteiger partial charge in [0.2, 0.25) is 15.9 Å². The van der Waals surface area contributed by atoms with Crippen molar-refractivity contribution in [2.45, 2.75) is 42.4 Å². The van der Waals surface area contributed by atoms with Gasteiger partial charge in [0.15, 0.2) is 0 Å². The average molecular weight is 542 g/mol. The molecule has 196 valence electrons. The van der Waals surface area contributed by atoms with E-state index in [9.17, 15) is 21.6 Å². The van der Waals surface area contributed by atoms with E-state index in [0.29, 0.717) is 24.5 Å². The van der Waals surface area contributed by atoms with Gasteiger partial charge in [-0.3, -0.25) is 9.10 Å². The molecule has 1 saturated heterocycles. The van der Waals surface area contributed by atoms with Gasteiger partial charge >= 0.3 is 0 Å². The Morgan fingerprint density at radius 2 is 1.46 bits per heavy atom. The summed E-state index contributed by atoms with van der Waals surface area (Å²) < 4.78 is 55.5. The zero-order valence-electron chi connectivity index (χ0n) is 20.7. The number of hydrogen-bond donors (Lipinski definition) is 1. The molecular weight excluding hydrogens is 510 g/mol. The van der Waals surface area contributed by atoms with Crippen molar-refractivity contribution in [2.24, 2.45) is 0 Å². The lowest BCUT2D eigenvalue weighted by molar-refractivity contribution is -0.114. The number of hydrogen-bond acceptors (Lipinski definition) is 5. The summed E-state index contributed by atoms with van der Waals surface area (Å²) in [6, 6.07) is 20.8. The predicted octanol–water partition coefficient (Wildman–Crippen LogP) is 4.39. The molecule has 3 aromatic carbocycles. The summed E-state index contributed by atoms with van der Waals surface area (Å²) >= 11 is 0. The van der Waals surface area contributed by atoms with Gasteiger partial charge in [0.05, 0.1) is 15.5 Å². The van der Waals surface area contributed by atoms with Gasteiger partial charge in [-0.25, -0.2) is 16.8 Å². The van der Waals surface area contributed by atoms with Gasteiger partial charge in [-0.15, -0.1) is 0 Å². The van der Waals surface area contributed by atoms with Gasteiger partial charge in [-0.1, -0.05) is 43.2 Å². The third-order valence-corrected chi connectivity index (χ3v) is 9.95. The van der Waals surface area contributed by atoms with Crippen molar-refractivity contribution in [1.82, 2.24) is 4.31 Å². The van der Waals surface area contributed by atoms with Crippen LogP contribution in [0.25, 0.3) is 0 Å². The van der Waals surface area contributed by atoms with Crippen molar-refractivity contribution in [1.29, 1.82) is 0 Å². The molecule has 0 radical (unpaired) electrons. The van der Waals surface area contributed by atoms with Gasteiger partial charge in [0, 0.05) is 18.8 Å². The number of carbonyl (C=O) groups is 1. The molecule has 1 heterocycles. The van der Waals surface area contributed by atoms with E-state index in [1.807, 2.05) is 13.0 Å². The van der Waals surface area contributed by atoms with E-state index in [-0.39, 0.29) is 9.79 Å². The lowest BCUT2D eigenvalue weighted by Gasteiger charge is -2.24. The minimum atomic E-state index is -4.01. The van der Waals surface area contributed by atoms with E-state index in [0.717, 1.165) is 35.6 Å². The molecule has 8 nitrogen and oxygen atoms in total. The maximum absolute atomic E-state index is 13.4. The number of amides is 1. The first-order chi connectivity index (χ1) is 17.7. The Labute approximate surface area is 219 Å². The molecule has 0 spiro atoms. The smallest absolute Gasteiger partial charge is 0.264 e. The Morgan fingerprint density at radius 1 is 0.811 bits per heavy atom. The minimum Gasteiger partial charge on any atom is -0.325 e. The second-order valence-electron chi connectivity index (χ2n) is 9.05. The van der Waals surface area contributed by atoms with E-state index >= 15 is 0 Å². The maximum Gasteiger partial charge on any atom is 0.264 e. The van der Waals surface area contributed by atoms with Crippen molar-refractivity contribution in [3.05, 3.63) is 84.4 Å². The number of benzene rings is 3. The average Bonchev–Trinajstić information content (AvgIpc) is 3.18. The third kappa shape index (κ3) is 6.38. The molecule has 4 rings (SSSR count). The van der Waals surface area contributed by atoms with E-state index in [4.69, 9.17) is 0 Å². The van der Waals surface area contributed by atoms with Crippen molar-refractivity contribution < 1.29 is 21.6 Å². The highest BCUT2D eigenvalue weighted by Crippen LogP contribution is 2.25. The number of nitrogens with zero attached hydrogens (tertiary/aromatic N) is 2. The zero-order chi connectivity index (χ0) is 26.5. The molecule has 37 heavy (non-hydrogen) atoms. The quantitative estimate of drug-likeness (QED) is 0.455. The van der Waals surface area contributed by atoms with Crippen LogP contribution in [0.5, 0.6) is 0 Å². The van der Waals surface area contributed by atoms with Crippen LogP contribution in [0.3, 0.4) is 0 Å². The van der Waals surface area contributed by atoms with Crippen LogP contribution in [0.15, 0.2) is 88.7 Å². The highest BCUT2D eigenvalue weighted by molar-refractivity contribution is 7.92. The van der Waals surface area contributed by atoms with E-state index in [2.05, 4.69) is 5.32 Å². The summed E-state index contributed by atoms with van der Waals surface area (Å²) in [6.07, 6.45) is 3.74. The standard InChI is InChI=1S/C27H31N3O5S2/c1-22-10-9-11-24(20-22)30(37(34,35)25-12-5-4-6-13-25)21-27(31)28-23-14-16-26(17-15-23)36(32,33)29-18-7-2-3-8-19-29/h4-6,9-17,20H,2-3,7-8,18-19,21H2,1H3,(H,28,31). The number of anilines is 2. The van der Waals surface area contributed by atoms with Crippen LogP contribution in [-0.4, -0.2) is 46.7 Å². The fourth-order valence-electron chi connectivity index (χ4n) is 4.29. The van der Waals surface area contributed by atoms with E-state index in [1.54, 1.807) is 36.4 Å². The molecule has 0 bridgehead atoms. The van der Waals surface area contributed by atoms with Gasteiger partial charge in [0.1, 0.15) is 6.54 Å². The van der Waals surface area contributed by atoms with E-state index in [1.165, 1.54) is 40.7 Å². The van der Waals surface area contributed by atoms with Crippen LogP contribution in [0.2, 0.25) is 0 Å². The van der Waals surface area contributed by atoms with Crippen molar-refractivity contribution in [2.75, 3.05) is 29.3 Å². The fourth-order valence-corrected chi connectivity index (χ4v) is 7.24. The Morgan fingerprint density at radius 3 is 2.08 bits per heavy atom. The first-order valence-electron chi connectivity index (χ1n) is 12.2. The molecule has 1 aliphatic heterocycles. The Kier molecular flexibility index (Phi) is 8.31. The van der Waals surface area contributed by atoms with Crippen LogP contribution in [0.4, 0.5) is 11.4 Å². The predicted molar refractivity (Wildman–Crippen MR) is 144 cm³/mol. The first kappa shape index (κ1) is 26.8. The summed E-state index contributed by atoms with van der Waals surface area (Å²) in [5, 5.41) is 2.70.